The summed E-state index contributed by atoms with van der Waals surface area (Å²) in [6.07, 6.45) is 9.41. The first-order chi connectivity index (χ1) is 4.30. The molecule has 0 saturated carbocycles. The van der Waals surface area contributed by atoms with Crippen LogP contribution in [0.25, 0.3) is 0 Å². The van der Waals surface area contributed by atoms with E-state index in [0.717, 1.165) is 0 Å². The van der Waals surface area contributed by atoms with Gasteiger partial charge in [0, 0.05) is 0 Å². The lowest BCUT2D eigenvalue weighted by atomic mass is 10.2. The van der Waals surface area contributed by atoms with Crippen LogP contribution >= 0.6 is 7.92 Å². The first kappa shape index (κ1) is 7.02. The molecule has 0 atom stereocenters. The van der Waals surface area contributed by atoms with Gasteiger partial charge in [-0.05, 0) is 31.5 Å². The highest BCUT2D eigenvalue weighted by atomic mass is 31.1. The van der Waals surface area contributed by atoms with E-state index in [4.69, 9.17) is 0 Å². The Labute approximate surface area is 58.4 Å². The van der Waals surface area contributed by atoms with Gasteiger partial charge in [-0.15, -0.1) is 0 Å². The van der Waals surface area contributed by atoms with E-state index in [0.29, 0.717) is 0 Å². The van der Waals surface area contributed by atoms with E-state index in [9.17, 15) is 0 Å². The standard InChI is InChI=1S/C8H13P/c1-9(2)8-6-4-3-5-7-8/h4,6-7H,3,5H2,1-2H3. The van der Waals surface area contributed by atoms with Gasteiger partial charge in [0.05, 0.1) is 0 Å². The third-order valence-corrected chi connectivity index (χ3v) is 2.86. The summed E-state index contributed by atoms with van der Waals surface area (Å²) in [4.78, 5) is 0. The summed E-state index contributed by atoms with van der Waals surface area (Å²) in [5.74, 6) is 0. The topological polar surface area (TPSA) is 0 Å². The van der Waals surface area contributed by atoms with Crippen LogP contribution in [0.5, 0.6) is 0 Å². The smallest absolute Gasteiger partial charge is 0.0289 e. The molecule has 1 aliphatic carbocycles. The monoisotopic (exact) mass is 140 g/mol. The Kier molecular flexibility index (Phi) is 2.48. The van der Waals surface area contributed by atoms with Gasteiger partial charge in [0.25, 0.3) is 0 Å². The second-order valence-corrected chi connectivity index (χ2v) is 4.81. The van der Waals surface area contributed by atoms with Crippen LogP contribution < -0.4 is 0 Å². The van der Waals surface area contributed by atoms with Gasteiger partial charge in [-0.25, -0.2) is 0 Å². The summed E-state index contributed by atoms with van der Waals surface area (Å²) in [5.41, 5.74) is 0. The van der Waals surface area contributed by atoms with Crippen LogP contribution in [0.15, 0.2) is 23.5 Å². The average Bonchev–Trinajstić information content (AvgIpc) is 1.90. The molecule has 1 rings (SSSR count). The van der Waals surface area contributed by atoms with Crippen molar-refractivity contribution < 1.29 is 0 Å². The van der Waals surface area contributed by atoms with Crippen LogP contribution in [-0.2, 0) is 0 Å². The lowest BCUT2D eigenvalue weighted by molar-refractivity contribution is 1.03. The van der Waals surface area contributed by atoms with Crippen LogP contribution in [0.3, 0.4) is 0 Å². The highest BCUT2D eigenvalue weighted by Gasteiger charge is 1.99. The Morgan fingerprint density at radius 3 is 2.44 bits per heavy atom. The molecule has 0 aliphatic heterocycles. The fourth-order valence-corrected chi connectivity index (χ4v) is 1.83. The van der Waals surface area contributed by atoms with Crippen LogP contribution in [0.4, 0.5) is 0 Å². The van der Waals surface area contributed by atoms with Crippen molar-refractivity contribution in [1.29, 1.82) is 0 Å². The molecule has 0 nitrogen and oxygen atoms in total. The van der Waals surface area contributed by atoms with E-state index in [2.05, 4.69) is 31.6 Å². The zero-order chi connectivity index (χ0) is 6.69. The Bertz CT molecular complexity index is 143. The number of hydrogen-bond acceptors (Lipinski definition) is 0. The first-order valence-electron chi connectivity index (χ1n) is 3.35. The van der Waals surface area contributed by atoms with E-state index in [1.54, 1.807) is 5.31 Å². The molecule has 0 amide bonds. The van der Waals surface area contributed by atoms with E-state index in [1.807, 2.05) is 0 Å². The first-order valence-corrected chi connectivity index (χ1v) is 5.58. The zero-order valence-corrected chi connectivity index (χ0v) is 6.99. The Morgan fingerprint density at radius 1 is 1.33 bits per heavy atom. The molecule has 50 valence electrons. The molecule has 1 aliphatic rings. The Morgan fingerprint density at radius 2 is 2.11 bits per heavy atom. The minimum Gasteiger partial charge on any atom is -0.0836 e. The van der Waals surface area contributed by atoms with E-state index in [-0.39, 0.29) is 7.92 Å². The molecule has 0 unspecified atom stereocenters. The average molecular weight is 140 g/mol. The Balaban J connectivity index is 2.58. The van der Waals surface area contributed by atoms with E-state index in [1.165, 1.54) is 12.8 Å². The van der Waals surface area contributed by atoms with Gasteiger partial charge in [-0.1, -0.05) is 26.1 Å². The minimum atomic E-state index is 0.156. The van der Waals surface area contributed by atoms with Crippen LogP contribution in [0.2, 0.25) is 0 Å². The van der Waals surface area contributed by atoms with Gasteiger partial charge in [0.2, 0.25) is 0 Å². The number of rotatable bonds is 1. The summed E-state index contributed by atoms with van der Waals surface area (Å²) >= 11 is 0. The van der Waals surface area contributed by atoms with E-state index >= 15 is 0 Å². The lowest BCUT2D eigenvalue weighted by Gasteiger charge is -2.09. The normalized spacial score (nSPS) is 18.3. The third-order valence-electron chi connectivity index (χ3n) is 1.49. The van der Waals surface area contributed by atoms with Gasteiger partial charge >= 0.3 is 0 Å². The minimum absolute atomic E-state index is 0.156. The molecule has 0 radical (unpaired) electrons. The fourth-order valence-electron chi connectivity index (χ4n) is 0.931. The molecule has 0 aromatic rings. The second kappa shape index (κ2) is 3.17. The number of hydrogen-bond donors (Lipinski definition) is 0. The molecular weight excluding hydrogens is 127 g/mol. The van der Waals surface area contributed by atoms with Crippen molar-refractivity contribution >= 4 is 7.92 Å². The summed E-state index contributed by atoms with van der Waals surface area (Å²) in [6, 6.07) is 0. The second-order valence-electron chi connectivity index (χ2n) is 2.50. The maximum atomic E-state index is 2.37. The van der Waals surface area contributed by atoms with Gasteiger partial charge in [0.1, 0.15) is 0 Å². The molecule has 0 fully saturated rings. The van der Waals surface area contributed by atoms with Crippen molar-refractivity contribution in [3.63, 3.8) is 0 Å². The molecule has 0 aromatic heterocycles. The SMILES string of the molecule is CP(C)C1=CCCC=C1. The maximum Gasteiger partial charge on any atom is -0.0289 e. The molecule has 0 aromatic carbocycles. The van der Waals surface area contributed by atoms with Crippen molar-refractivity contribution in [2.45, 2.75) is 12.8 Å². The molecule has 1 heteroatoms. The van der Waals surface area contributed by atoms with Crippen LogP contribution in [0, 0.1) is 0 Å². The highest BCUT2D eigenvalue weighted by molar-refractivity contribution is 7.60. The maximum absolute atomic E-state index is 2.37. The number of allylic oxidation sites excluding steroid dienone is 4. The predicted octanol–water partition coefficient (Wildman–Crippen LogP) is 2.96. The van der Waals surface area contributed by atoms with Crippen LogP contribution in [0.1, 0.15) is 12.8 Å². The van der Waals surface area contributed by atoms with Crippen molar-refractivity contribution in [2.24, 2.45) is 0 Å². The van der Waals surface area contributed by atoms with Gasteiger partial charge in [-0.2, -0.15) is 0 Å². The molecule has 0 saturated heterocycles. The van der Waals surface area contributed by atoms with E-state index < -0.39 is 0 Å². The largest absolute Gasteiger partial charge is 0.0836 e. The van der Waals surface area contributed by atoms with Crippen molar-refractivity contribution in [3.8, 4) is 0 Å². The third kappa shape index (κ3) is 1.95. The highest BCUT2D eigenvalue weighted by Crippen LogP contribution is 2.38. The van der Waals surface area contributed by atoms with Gasteiger partial charge in [0.15, 0.2) is 0 Å². The summed E-state index contributed by atoms with van der Waals surface area (Å²) < 4.78 is 0. The zero-order valence-electron chi connectivity index (χ0n) is 6.09. The van der Waals surface area contributed by atoms with Crippen LogP contribution in [-0.4, -0.2) is 13.3 Å². The van der Waals surface area contributed by atoms with Crippen molar-refractivity contribution in [3.05, 3.63) is 23.5 Å². The van der Waals surface area contributed by atoms with Crippen molar-refractivity contribution in [2.75, 3.05) is 13.3 Å². The molecule has 0 spiro atoms. The predicted molar refractivity (Wildman–Crippen MR) is 45.2 cm³/mol. The molecular formula is C8H13P. The molecule has 0 N–H and O–H groups in total. The summed E-state index contributed by atoms with van der Waals surface area (Å²) in [5, 5.41) is 1.57. The lowest BCUT2D eigenvalue weighted by Crippen LogP contribution is -1.80. The molecule has 0 heterocycles. The molecule has 9 heavy (non-hydrogen) atoms. The van der Waals surface area contributed by atoms with Crippen molar-refractivity contribution in [1.82, 2.24) is 0 Å². The Hall–Kier alpha value is -0.0900. The molecule has 0 bridgehead atoms. The fraction of sp³-hybridized carbons (Fsp3) is 0.500. The van der Waals surface area contributed by atoms with Gasteiger partial charge < -0.3 is 0 Å². The summed E-state index contributed by atoms with van der Waals surface area (Å²) in [7, 11) is 0.156. The van der Waals surface area contributed by atoms with Gasteiger partial charge in [-0.3, -0.25) is 0 Å². The summed E-state index contributed by atoms with van der Waals surface area (Å²) in [6.45, 7) is 4.60. The quantitative estimate of drug-likeness (QED) is 0.491.